The van der Waals surface area contributed by atoms with Gasteiger partial charge in [-0.2, -0.15) is 0 Å². The van der Waals surface area contributed by atoms with Gasteiger partial charge >= 0.3 is 0 Å². The quantitative estimate of drug-likeness (QED) is 0.586. The predicted molar refractivity (Wildman–Crippen MR) is 77.6 cm³/mol. The first-order chi connectivity index (χ1) is 9.34. The van der Waals surface area contributed by atoms with E-state index >= 15 is 0 Å². The lowest BCUT2D eigenvalue weighted by atomic mass is 9.84. The summed E-state index contributed by atoms with van der Waals surface area (Å²) in [7, 11) is 1.68. The van der Waals surface area contributed by atoms with E-state index in [-0.39, 0.29) is 0 Å². The fourth-order valence-electron chi connectivity index (χ4n) is 2.62. The molecule has 0 heterocycles. The summed E-state index contributed by atoms with van der Waals surface area (Å²) in [5.41, 5.74) is 0. The number of hydrogen-bond acceptors (Lipinski definition) is 4. The van der Waals surface area contributed by atoms with Crippen molar-refractivity contribution in [3.8, 4) is 0 Å². The Morgan fingerprint density at radius 3 is 2.26 bits per heavy atom. The number of hydrogen-bond donors (Lipinski definition) is 1. The topological polar surface area (TPSA) is 39.7 Å². The van der Waals surface area contributed by atoms with Gasteiger partial charge in [-0.1, -0.05) is 19.3 Å². The summed E-state index contributed by atoms with van der Waals surface area (Å²) in [5.74, 6) is 0.867. The van der Waals surface area contributed by atoms with Gasteiger partial charge in [-0.15, -0.1) is 0 Å². The largest absolute Gasteiger partial charge is 0.382 e. The molecular formula is C15H31NO3. The van der Waals surface area contributed by atoms with Crippen LogP contribution in [0.1, 0.15) is 39.0 Å². The lowest BCUT2D eigenvalue weighted by Crippen LogP contribution is -2.36. The molecule has 1 aliphatic rings. The van der Waals surface area contributed by atoms with Gasteiger partial charge in [0.25, 0.3) is 0 Å². The average Bonchev–Trinajstić information content (AvgIpc) is 2.46. The van der Waals surface area contributed by atoms with E-state index in [4.69, 9.17) is 14.2 Å². The molecular weight excluding hydrogens is 242 g/mol. The second-order valence-corrected chi connectivity index (χ2v) is 5.36. The van der Waals surface area contributed by atoms with Crippen LogP contribution >= 0.6 is 0 Å². The van der Waals surface area contributed by atoms with E-state index in [1.807, 2.05) is 0 Å². The third-order valence-corrected chi connectivity index (χ3v) is 3.87. The minimum Gasteiger partial charge on any atom is -0.382 e. The summed E-state index contributed by atoms with van der Waals surface area (Å²) in [6, 6.07) is 0.627. The van der Waals surface area contributed by atoms with E-state index in [1.54, 1.807) is 7.11 Å². The summed E-state index contributed by atoms with van der Waals surface area (Å²) in [6.45, 7) is 6.65. The molecule has 4 heteroatoms. The van der Waals surface area contributed by atoms with Crippen molar-refractivity contribution in [1.82, 2.24) is 5.32 Å². The molecule has 1 atom stereocenters. The van der Waals surface area contributed by atoms with Crippen LogP contribution in [0, 0.1) is 5.92 Å². The predicted octanol–water partition coefficient (Wildman–Crippen LogP) is 2.22. The Kier molecular flexibility index (Phi) is 10.4. The van der Waals surface area contributed by atoms with Crippen molar-refractivity contribution in [3.63, 3.8) is 0 Å². The summed E-state index contributed by atoms with van der Waals surface area (Å²) >= 11 is 0. The van der Waals surface area contributed by atoms with Crippen molar-refractivity contribution in [2.45, 2.75) is 45.1 Å². The van der Waals surface area contributed by atoms with Gasteiger partial charge < -0.3 is 19.5 Å². The molecule has 0 aromatic heterocycles. The summed E-state index contributed by atoms with van der Waals surface area (Å²) < 4.78 is 15.7. The van der Waals surface area contributed by atoms with E-state index in [0.29, 0.717) is 32.5 Å². The molecule has 0 spiro atoms. The monoisotopic (exact) mass is 273 g/mol. The lowest BCUT2D eigenvalue weighted by Gasteiger charge is -2.28. The first-order valence-electron chi connectivity index (χ1n) is 7.72. The van der Waals surface area contributed by atoms with E-state index in [9.17, 15) is 0 Å². The van der Waals surface area contributed by atoms with Crippen LogP contribution in [0.3, 0.4) is 0 Å². The number of rotatable bonds is 11. The molecule has 1 fully saturated rings. The van der Waals surface area contributed by atoms with Crippen molar-refractivity contribution in [2.75, 3.05) is 46.7 Å². The van der Waals surface area contributed by atoms with Gasteiger partial charge in [-0.05, 0) is 25.7 Å². The van der Waals surface area contributed by atoms with E-state index in [0.717, 1.165) is 19.1 Å². The normalized spacial score (nSPS) is 18.6. The molecule has 1 rings (SSSR count). The fraction of sp³-hybridized carbons (Fsp3) is 1.00. The second-order valence-electron chi connectivity index (χ2n) is 5.36. The maximum Gasteiger partial charge on any atom is 0.0701 e. The van der Waals surface area contributed by atoms with Crippen LogP contribution in [0.4, 0.5) is 0 Å². The van der Waals surface area contributed by atoms with Gasteiger partial charge in [-0.3, -0.25) is 0 Å². The zero-order chi connectivity index (χ0) is 13.8. The Morgan fingerprint density at radius 2 is 1.58 bits per heavy atom. The molecule has 0 saturated heterocycles. The smallest absolute Gasteiger partial charge is 0.0701 e. The van der Waals surface area contributed by atoms with Gasteiger partial charge in [-0.25, -0.2) is 0 Å². The van der Waals surface area contributed by atoms with Gasteiger partial charge in [0.15, 0.2) is 0 Å². The van der Waals surface area contributed by atoms with Crippen LogP contribution in [0.25, 0.3) is 0 Å². The molecule has 0 radical (unpaired) electrons. The van der Waals surface area contributed by atoms with E-state index in [1.165, 1.54) is 32.1 Å². The highest BCUT2D eigenvalue weighted by Gasteiger charge is 2.18. The number of methoxy groups -OCH3 is 1. The molecule has 0 bridgehead atoms. The summed E-state index contributed by atoms with van der Waals surface area (Å²) in [6.07, 6.45) is 7.03. The van der Waals surface area contributed by atoms with Crippen molar-refractivity contribution in [2.24, 2.45) is 5.92 Å². The first kappa shape index (κ1) is 16.9. The molecule has 0 amide bonds. The maximum atomic E-state index is 5.52. The molecule has 19 heavy (non-hydrogen) atoms. The Morgan fingerprint density at radius 1 is 0.947 bits per heavy atom. The van der Waals surface area contributed by atoms with Crippen LogP contribution < -0.4 is 5.32 Å². The van der Waals surface area contributed by atoms with Crippen molar-refractivity contribution in [1.29, 1.82) is 0 Å². The Hall–Kier alpha value is -0.160. The highest BCUT2D eigenvalue weighted by Crippen LogP contribution is 2.26. The molecule has 1 N–H and O–H groups in total. The van der Waals surface area contributed by atoms with Gasteiger partial charge in [0.1, 0.15) is 0 Å². The number of nitrogens with one attached hydrogen (secondary N) is 1. The minimum atomic E-state index is 0.627. The lowest BCUT2D eigenvalue weighted by molar-refractivity contribution is 0.0249. The molecule has 0 aromatic rings. The zero-order valence-electron chi connectivity index (χ0n) is 12.7. The Labute approximate surface area is 118 Å². The Balaban J connectivity index is 1.84. The highest BCUT2D eigenvalue weighted by atomic mass is 16.5. The maximum absolute atomic E-state index is 5.52. The SMILES string of the molecule is COCCOCCOCCN[C@@H](C)C1CCCCC1. The first-order valence-corrected chi connectivity index (χ1v) is 7.72. The Bertz CT molecular complexity index is 196. The minimum absolute atomic E-state index is 0.627. The highest BCUT2D eigenvalue weighted by molar-refractivity contribution is 4.75. The van der Waals surface area contributed by atoms with E-state index in [2.05, 4.69) is 12.2 Å². The molecule has 114 valence electrons. The third kappa shape index (κ3) is 8.58. The fourth-order valence-corrected chi connectivity index (χ4v) is 2.62. The molecule has 1 aliphatic carbocycles. The van der Waals surface area contributed by atoms with Crippen LogP contribution in [0.2, 0.25) is 0 Å². The van der Waals surface area contributed by atoms with Crippen molar-refractivity contribution in [3.05, 3.63) is 0 Å². The summed E-state index contributed by atoms with van der Waals surface area (Å²) in [4.78, 5) is 0. The van der Waals surface area contributed by atoms with Gasteiger partial charge in [0.2, 0.25) is 0 Å². The zero-order valence-corrected chi connectivity index (χ0v) is 12.7. The van der Waals surface area contributed by atoms with E-state index < -0.39 is 0 Å². The van der Waals surface area contributed by atoms with Gasteiger partial charge in [0, 0.05) is 19.7 Å². The molecule has 0 aromatic carbocycles. The van der Waals surface area contributed by atoms with Crippen LogP contribution in [-0.2, 0) is 14.2 Å². The number of ether oxygens (including phenoxy) is 3. The van der Waals surface area contributed by atoms with Crippen molar-refractivity contribution >= 4 is 0 Å². The summed E-state index contributed by atoms with van der Waals surface area (Å²) in [5, 5.41) is 3.58. The van der Waals surface area contributed by atoms with Crippen LogP contribution in [-0.4, -0.2) is 52.7 Å². The van der Waals surface area contributed by atoms with Gasteiger partial charge in [0.05, 0.1) is 33.0 Å². The molecule has 0 aliphatic heterocycles. The molecule has 1 saturated carbocycles. The standard InChI is InChI=1S/C15H31NO3/c1-14(15-6-4-3-5-7-15)16-8-9-18-12-13-19-11-10-17-2/h14-16H,3-13H2,1-2H3/t14-/m0/s1. The second kappa shape index (κ2) is 11.6. The molecule has 4 nitrogen and oxygen atoms in total. The molecule has 0 unspecified atom stereocenters. The third-order valence-electron chi connectivity index (χ3n) is 3.87. The van der Waals surface area contributed by atoms with Crippen LogP contribution in [0.5, 0.6) is 0 Å². The van der Waals surface area contributed by atoms with Crippen molar-refractivity contribution < 1.29 is 14.2 Å². The van der Waals surface area contributed by atoms with Crippen LogP contribution in [0.15, 0.2) is 0 Å². The average molecular weight is 273 g/mol.